The van der Waals surface area contributed by atoms with Crippen molar-refractivity contribution in [3.8, 4) is 0 Å². The topological polar surface area (TPSA) is 40.6 Å². The highest BCUT2D eigenvalue weighted by atomic mass is 16.2. The lowest BCUT2D eigenvalue weighted by Gasteiger charge is -2.33. The molecular weight excluding hydrogens is 408 g/mol. The molecule has 2 fully saturated rings. The Hall–Kier alpha value is -2.62. The van der Waals surface area contributed by atoms with E-state index >= 15 is 0 Å². The van der Waals surface area contributed by atoms with E-state index in [1.165, 1.54) is 11.1 Å². The molecule has 0 atom stereocenters. The molecule has 2 amide bonds. The van der Waals surface area contributed by atoms with Gasteiger partial charge < -0.3 is 9.80 Å². The zero-order valence-corrected chi connectivity index (χ0v) is 19.8. The highest BCUT2D eigenvalue weighted by molar-refractivity contribution is 5.79. The second-order valence-electron chi connectivity index (χ2n) is 9.88. The zero-order chi connectivity index (χ0) is 22.9. The maximum atomic E-state index is 12.6. The predicted molar refractivity (Wildman–Crippen MR) is 133 cm³/mol. The fourth-order valence-corrected chi connectivity index (χ4v) is 5.37. The first kappa shape index (κ1) is 23.5. The number of carbonyl (C=O) groups excluding carboxylic acids is 2. The first-order valence-corrected chi connectivity index (χ1v) is 12.8. The van der Waals surface area contributed by atoms with Crippen molar-refractivity contribution in [1.82, 2.24) is 9.80 Å². The fourth-order valence-electron chi connectivity index (χ4n) is 5.37. The van der Waals surface area contributed by atoms with E-state index in [2.05, 4.69) is 60.7 Å². The normalized spacial score (nSPS) is 17.8. The molecule has 4 nitrogen and oxygen atoms in total. The van der Waals surface area contributed by atoms with Crippen LogP contribution in [-0.4, -0.2) is 47.8 Å². The molecule has 0 aromatic heterocycles. The molecule has 2 aliphatic rings. The second-order valence-corrected chi connectivity index (χ2v) is 9.88. The van der Waals surface area contributed by atoms with E-state index in [0.29, 0.717) is 31.1 Å². The Morgan fingerprint density at radius 2 is 0.970 bits per heavy atom. The number of benzene rings is 2. The summed E-state index contributed by atoms with van der Waals surface area (Å²) in [5.74, 6) is 1.79. The Morgan fingerprint density at radius 1 is 0.606 bits per heavy atom. The molecule has 2 aromatic carbocycles. The molecule has 2 aromatic rings. The highest BCUT2D eigenvalue weighted by Gasteiger charge is 2.25. The van der Waals surface area contributed by atoms with Gasteiger partial charge in [-0.25, -0.2) is 0 Å². The largest absolute Gasteiger partial charge is 0.343 e. The zero-order valence-electron chi connectivity index (χ0n) is 19.8. The van der Waals surface area contributed by atoms with Gasteiger partial charge in [-0.3, -0.25) is 9.59 Å². The summed E-state index contributed by atoms with van der Waals surface area (Å²) in [5, 5.41) is 0. The summed E-state index contributed by atoms with van der Waals surface area (Å²) in [4.78, 5) is 29.3. The second kappa shape index (κ2) is 12.0. The van der Waals surface area contributed by atoms with Crippen LogP contribution in [0.25, 0.3) is 0 Å². The number of carbonyl (C=O) groups is 2. The third-order valence-electron chi connectivity index (χ3n) is 7.45. The monoisotopic (exact) mass is 446 g/mol. The van der Waals surface area contributed by atoms with Crippen molar-refractivity contribution in [3.05, 3.63) is 71.8 Å². The Kier molecular flexibility index (Phi) is 8.57. The van der Waals surface area contributed by atoms with E-state index < -0.39 is 0 Å². The molecule has 0 spiro atoms. The van der Waals surface area contributed by atoms with E-state index in [0.717, 1.165) is 64.7 Å². The minimum absolute atomic E-state index is 0.225. The predicted octanol–water partition coefficient (Wildman–Crippen LogP) is 5.12. The smallest absolute Gasteiger partial charge is 0.222 e. The number of likely N-dealkylation sites (tertiary alicyclic amines) is 2. The number of hydrogen-bond donors (Lipinski definition) is 0. The highest BCUT2D eigenvalue weighted by Crippen LogP contribution is 2.24. The maximum Gasteiger partial charge on any atom is 0.222 e. The minimum Gasteiger partial charge on any atom is -0.343 e. The quantitative estimate of drug-likeness (QED) is 0.565. The van der Waals surface area contributed by atoms with Gasteiger partial charge in [0.2, 0.25) is 11.8 Å². The van der Waals surface area contributed by atoms with Gasteiger partial charge in [0.15, 0.2) is 0 Å². The summed E-state index contributed by atoms with van der Waals surface area (Å²) < 4.78 is 0. The lowest BCUT2D eigenvalue weighted by Crippen LogP contribution is -2.40. The molecule has 0 N–H and O–H groups in total. The Labute approximate surface area is 199 Å². The maximum absolute atomic E-state index is 12.6. The molecule has 0 radical (unpaired) electrons. The first-order chi connectivity index (χ1) is 16.2. The Balaban J connectivity index is 1.10. The van der Waals surface area contributed by atoms with Crippen LogP contribution in [0.3, 0.4) is 0 Å². The Morgan fingerprint density at radius 3 is 1.33 bits per heavy atom. The molecule has 0 saturated carbocycles. The van der Waals surface area contributed by atoms with Crippen molar-refractivity contribution < 1.29 is 9.59 Å². The van der Waals surface area contributed by atoms with Crippen LogP contribution in [0.2, 0.25) is 0 Å². The average molecular weight is 447 g/mol. The third-order valence-corrected chi connectivity index (χ3v) is 7.45. The summed E-state index contributed by atoms with van der Waals surface area (Å²) in [7, 11) is 0. The fraction of sp³-hybridized carbons (Fsp3) is 0.517. The van der Waals surface area contributed by atoms with Crippen molar-refractivity contribution in [2.24, 2.45) is 11.8 Å². The van der Waals surface area contributed by atoms with E-state index in [9.17, 15) is 9.59 Å². The Bertz CT molecular complexity index is 794. The lowest BCUT2D eigenvalue weighted by molar-refractivity contribution is -0.134. The van der Waals surface area contributed by atoms with Crippen LogP contribution in [0.1, 0.15) is 56.1 Å². The molecule has 2 aliphatic heterocycles. The molecule has 0 aliphatic carbocycles. The van der Waals surface area contributed by atoms with Gasteiger partial charge in [0.1, 0.15) is 0 Å². The summed E-state index contributed by atoms with van der Waals surface area (Å²) in [6.45, 7) is 3.44. The number of piperidine rings is 2. The van der Waals surface area contributed by atoms with Gasteiger partial charge in [-0.2, -0.15) is 0 Å². The molecule has 0 bridgehead atoms. The van der Waals surface area contributed by atoms with Gasteiger partial charge in [0, 0.05) is 39.0 Å². The van der Waals surface area contributed by atoms with Crippen molar-refractivity contribution in [1.29, 1.82) is 0 Å². The van der Waals surface area contributed by atoms with Gasteiger partial charge in [0.25, 0.3) is 0 Å². The molecular formula is C29H38N2O2. The summed E-state index contributed by atoms with van der Waals surface area (Å²) in [6.07, 6.45) is 8.22. The minimum atomic E-state index is 0.225. The summed E-state index contributed by atoms with van der Waals surface area (Å²) >= 11 is 0. The van der Waals surface area contributed by atoms with E-state index in [1.54, 1.807) is 0 Å². The van der Waals surface area contributed by atoms with Crippen molar-refractivity contribution in [3.63, 3.8) is 0 Å². The van der Waals surface area contributed by atoms with E-state index in [4.69, 9.17) is 0 Å². The van der Waals surface area contributed by atoms with Crippen LogP contribution < -0.4 is 0 Å². The molecule has 33 heavy (non-hydrogen) atoms. The van der Waals surface area contributed by atoms with Crippen LogP contribution >= 0.6 is 0 Å². The number of hydrogen-bond acceptors (Lipinski definition) is 2. The van der Waals surface area contributed by atoms with Crippen LogP contribution in [-0.2, 0) is 22.4 Å². The van der Waals surface area contributed by atoms with Gasteiger partial charge in [-0.1, -0.05) is 60.7 Å². The molecule has 0 unspecified atom stereocenters. The van der Waals surface area contributed by atoms with Gasteiger partial charge in [-0.15, -0.1) is 0 Å². The van der Waals surface area contributed by atoms with Gasteiger partial charge in [-0.05, 0) is 67.9 Å². The van der Waals surface area contributed by atoms with Crippen LogP contribution in [0.4, 0.5) is 0 Å². The third kappa shape index (κ3) is 7.18. The number of rotatable bonds is 8. The SMILES string of the molecule is O=C(CCCC(=O)N1CCC(Cc2ccccc2)CC1)N1CCC(Cc2ccccc2)CC1. The van der Waals surface area contributed by atoms with Crippen LogP contribution in [0.5, 0.6) is 0 Å². The van der Waals surface area contributed by atoms with Gasteiger partial charge in [0.05, 0.1) is 0 Å². The van der Waals surface area contributed by atoms with Crippen molar-refractivity contribution in [2.45, 2.75) is 57.8 Å². The van der Waals surface area contributed by atoms with E-state index in [-0.39, 0.29) is 11.8 Å². The molecule has 4 heteroatoms. The molecule has 176 valence electrons. The van der Waals surface area contributed by atoms with Gasteiger partial charge >= 0.3 is 0 Å². The lowest BCUT2D eigenvalue weighted by atomic mass is 9.90. The molecule has 2 saturated heterocycles. The number of amides is 2. The first-order valence-electron chi connectivity index (χ1n) is 12.8. The summed E-state index contributed by atoms with van der Waals surface area (Å²) in [5.41, 5.74) is 2.79. The standard InChI is InChI=1S/C29H38N2O2/c32-28(30-18-14-26(15-19-30)22-24-8-3-1-4-9-24)12-7-13-29(33)31-20-16-27(17-21-31)23-25-10-5-2-6-11-25/h1-6,8-11,26-27H,7,12-23H2. The molecule has 4 rings (SSSR count). The molecule has 2 heterocycles. The number of nitrogens with zero attached hydrogens (tertiary/aromatic N) is 2. The average Bonchev–Trinajstić information content (AvgIpc) is 2.86. The van der Waals surface area contributed by atoms with Crippen LogP contribution in [0.15, 0.2) is 60.7 Å². The van der Waals surface area contributed by atoms with Crippen LogP contribution in [0, 0.1) is 11.8 Å². The van der Waals surface area contributed by atoms with E-state index in [1.807, 2.05) is 9.80 Å². The van der Waals surface area contributed by atoms with Crippen molar-refractivity contribution >= 4 is 11.8 Å². The van der Waals surface area contributed by atoms with Crippen molar-refractivity contribution in [2.75, 3.05) is 26.2 Å². The summed E-state index contributed by atoms with van der Waals surface area (Å²) in [6, 6.07) is 21.3.